The van der Waals surface area contributed by atoms with Crippen LogP contribution in [0.3, 0.4) is 0 Å². The monoisotopic (exact) mass is 178 g/mol. The second-order valence-corrected chi connectivity index (χ2v) is 2.54. The molecular weight excluding hydrogens is 172 g/mol. The first-order valence-corrected chi connectivity index (χ1v) is 3.68. The summed E-state index contributed by atoms with van der Waals surface area (Å²) in [6.45, 7) is 0. The van der Waals surface area contributed by atoms with Crippen molar-refractivity contribution in [2.24, 2.45) is 0 Å². The van der Waals surface area contributed by atoms with Crippen LogP contribution in [0.15, 0.2) is 22.8 Å². The van der Waals surface area contributed by atoms with Crippen molar-refractivity contribution in [2.45, 2.75) is 6.42 Å². The summed E-state index contributed by atoms with van der Waals surface area (Å²) in [6, 6.07) is 3.40. The Morgan fingerprint density at radius 1 is 1.54 bits per heavy atom. The highest BCUT2D eigenvalue weighted by atomic mass is 16.4. The lowest BCUT2D eigenvalue weighted by Gasteiger charge is -1.94. The SMILES string of the molecule is O=C(O)Cc1nnc2cccoc1-2. The molecule has 0 aromatic rings. The molecule has 0 amide bonds. The molecule has 1 N–H and O–H groups in total. The van der Waals surface area contributed by atoms with E-state index in [1.54, 1.807) is 12.1 Å². The fraction of sp³-hybridized carbons (Fsp3) is 0.125. The van der Waals surface area contributed by atoms with Gasteiger partial charge in [0.25, 0.3) is 0 Å². The third kappa shape index (κ3) is 1.35. The third-order valence-corrected chi connectivity index (χ3v) is 1.61. The van der Waals surface area contributed by atoms with Crippen LogP contribution in [0, 0.1) is 0 Å². The summed E-state index contributed by atoms with van der Waals surface area (Å²) in [4.78, 5) is 10.4. The van der Waals surface area contributed by atoms with Crippen molar-refractivity contribution in [3.63, 3.8) is 0 Å². The van der Waals surface area contributed by atoms with Crippen LogP contribution in [0.4, 0.5) is 0 Å². The Morgan fingerprint density at radius 3 is 3.15 bits per heavy atom. The molecule has 0 saturated carbocycles. The molecule has 0 unspecified atom stereocenters. The molecule has 0 saturated heterocycles. The van der Waals surface area contributed by atoms with Crippen molar-refractivity contribution in [3.05, 3.63) is 24.1 Å². The molecule has 2 aliphatic rings. The Bertz CT molecular complexity index is 410. The molecule has 0 spiro atoms. The second kappa shape index (κ2) is 2.85. The van der Waals surface area contributed by atoms with Crippen molar-refractivity contribution in [3.8, 4) is 11.5 Å². The number of aliphatic carboxylic acids is 1. The van der Waals surface area contributed by atoms with Gasteiger partial charge in [0.1, 0.15) is 11.4 Å². The lowest BCUT2D eigenvalue weighted by Crippen LogP contribution is -2.00. The molecular formula is C8H6N2O3. The number of carbonyl (C=O) groups is 1. The minimum Gasteiger partial charge on any atom is -0.481 e. The van der Waals surface area contributed by atoms with Crippen LogP contribution in [0.25, 0.3) is 11.5 Å². The van der Waals surface area contributed by atoms with Gasteiger partial charge in [-0.25, -0.2) is 0 Å². The first-order chi connectivity index (χ1) is 6.27. The van der Waals surface area contributed by atoms with Crippen molar-refractivity contribution >= 4 is 5.97 Å². The maximum Gasteiger partial charge on any atom is 0.309 e. The number of fused-ring (bicyclic) bond motifs is 1. The predicted octanol–water partition coefficient (Wildman–Crippen LogP) is 0.801. The number of nitrogens with zero attached hydrogens (tertiary/aromatic N) is 2. The van der Waals surface area contributed by atoms with Gasteiger partial charge in [0.2, 0.25) is 0 Å². The van der Waals surface area contributed by atoms with Gasteiger partial charge >= 0.3 is 5.97 Å². The van der Waals surface area contributed by atoms with Crippen molar-refractivity contribution in [2.75, 3.05) is 0 Å². The van der Waals surface area contributed by atoms with Gasteiger partial charge in [-0.05, 0) is 12.1 Å². The van der Waals surface area contributed by atoms with E-state index in [2.05, 4.69) is 10.2 Å². The summed E-state index contributed by atoms with van der Waals surface area (Å²) >= 11 is 0. The predicted molar refractivity (Wildman–Crippen MR) is 42.3 cm³/mol. The van der Waals surface area contributed by atoms with Crippen LogP contribution in [0.2, 0.25) is 0 Å². The van der Waals surface area contributed by atoms with Crippen LogP contribution >= 0.6 is 0 Å². The molecule has 66 valence electrons. The minimum absolute atomic E-state index is 0.163. The Hall–Kier alpha value is -1.91. The van der Waals surface area contributed by atoms with E-state index in [-0.39, 0.29) is 6.42 Å². The highest BCUT2D eigenvalue weighted by Gasteiger charge is 2.17. The van der Waals surface area contributed by atoms with Gasteiger partial charge in [0.05, 0.1) is 12.7 Å². The third-order valence-electron chi connectivity index (χ3n) is 1.61. The Kier molecular flexibility index (Phi) is 1.70. The molecule has 5 nitrogen and oxygen atoms in total. The van der Waals surface area contributed by atoms with E-state index in [0.29, 0.717) is 17.1 Å². The first kappa shape index (κ1) is 7.72. The topological polar surface area (TPSA) is 76.2 Å². The number of rotatable bonds is 2. The van der Waals surface area contributed by atoms with Gasteiger partial charge < -0.3 is 9.52 Å². The van der Waals surface area contributed by atoms with E-state index < -0.39 is 5.97 Å². The number of aromatic nitrogens is 2. The fourth-order valence-electron chi connectivity index (χ4n) is 1.09. The summed E-state index contributed by atoms with van der Waals surface area (Å²) in [5, 5.41) is 16.0. The van der Waals surface area contributed by atoms with Crippen LogP contribution in [0.5, 0.6) is 0 Å². The van der Waals surface area contributed by atoms with E-state index in [1.807, 2.05) is 0 Å². The molecule has 2 heterocycles. The van der Waals surface area contributed by atoms with Gasteiger partial charge in [-0.15, -0.1) is 5.10 Å². The quantitative estimate of drug-likeness (QED) is 0.736. The van der Waals surface area contributed by atoms with Gasteiger partial charge in [-0.3, -0.25) is 4.79 Å². The lowest BCUT2D eigenvalue weighted by molar-refractivity contribution is -0.136. The van der Waals surface area contributed by atoms with Crippen LogP contribution in [0.1, 0.15) is 5.69 Å². The zero-order valence-corrected chi connectivity index (χ0v) is 6.60. The normalized spacial score (nSPS) is 10.5. The molecule has 0 aliphatic carbocycles. The van der Waals surface area contributed by atoms with E-state index >= 15 is 0 Å². The van der Waals surface area contributed by atoms with Crippen molar-refractivity contribution in [1.29, 1.82) is 0 Å². The molecule has 2 aliphatic heterocycles. The summed E-state index contributed by atoms with van der Waals surface area (Å²) in [6.07, 6.45) is 1.31. The molecule has 2 rings (SSSR count). The highest BCUT2D eigenvalue weighted by molar-refractivity contribution is 5.72. The lowest BCUT2D eigenvalue weighted by atomic mass is 10.2. The average Bonchev–Trinajstić information content (AvgIpc) is 2.48. The number of carboxylic acids is 1. The molecule has 0 fully saturated rings. The molecule has 0 aromatic carbocycles. The van der Waals surface area contributed by atoms with E-state index in [0.717, 1.165) is 0 Å². The maximum absolute atomic E-state index is 10.4. The maximum atomic E-state index is 10.4. The van der Waals surface area contributed by atoms with Crippen molar-refractivity contribution in [1.82, 2.24) is 10.2 Å². The van der Waals surface area contributed by atoms with Gasteiger partial charge in [-0.2, -0.15) is 5.10 Å². The summed E-state index contributed by atoms with van der Waals surface area (Å²) in [5.74, 6) is -0.495. The van der Waals surface area contributed by atoms with Gasteiger partial charge in [-0.1, -0.05) is 0 Å². The smallest absolute Gasteiger partial charge is 0.309 e. The van der Waals surface area contributed by atoms with E-state index in [9.17, 15) is 4.79 Å². The van der Waals surface area contributed by atoms with Crippen LogP contribution in [-0.2, 0) is 11.2 Å². The standard InChI is InChI=1S/C8H6N2O3/c11-7(12)4-6-8-5(9-10-6)2-1-3-13-8/h1-3H,4H2,(H,11,12). The largest absolute Gasteiger partial charge is 0.481 e. The number of carboxylic acid groups (broad SMARTS) is 1. The Labute approximate surface area is 73.4 Å². The number of hydrogen-bond acceptors (Lipinski definition) is 4. The fourth-order valence-corrected chi connectivity index (χ4v) is 1.09. The molecule has 5 heteroatoms. The van der Waals surface area contributed by atoms with E-state index in [1.165, 1.54) is 6.26 Å². The second-order valence-electron chi connectivity index (χ2n) is 2.54. The first-order valence-electron chi connectivity index (χ1n) is 3.68. The average molecular weight is 178 g/mol. The Morgan fingerprint density at radius 2 is 2.38 bits per heavy atom. The summed E-state index contributed by atoms with van der Waals surface area (Å²) < 4.78 is 5.10. The molecule has 0 bridgehead atoms. The minimum atomic E-state index is -0.944. The highest BCUT2D eigenvalue weighted by Crippen LogP contribution is 2.22. The van der Waals surface area contributed by atoms with Crippen molar-refractivity contribution < 1.29 is 14.3 Å². The van der Waals surface area contributed by atoms with Gasteiger partial charge in [0.15, 0.2) is 5.76 Å². The zero-order valence-electron chi connectivity index (χ0n) is 6.60. The zero-order chi connectivity index (χ0) is 9.26. The molecule has 0 atom stereocenters. The molecule has 0 radical (unpaired) electrons. The molecule has 0 aromatic heterocycles. The van der Waals surface area contributed by atoms with Crippen LogP contribution < -0.4 is 0 Å². The number of hydrogen-bond donors (Lipinski definition) is 1. The van der Waals surface area contributed by atoms with E-state index in [4.69, 9.17) is 9.52 Å². The van der Waals surface area contributed by atoms with Crippen LogP contribution in [-0.4, -0.2) is 21.3 Å². The summed E-state index contributed by atoms with van der Waals surface area (Å²) in [5.41, 5.74) is 0.946. The van der Waals surface area contributed by atoms with Gasteiger partial charge in [0, 0.05) is 0 Å². The Balaban J connectivity index is 2.43. The summed E-state index contributed by atoms with van der Waals surface area (Å²) in [7, 11) is 0. The molecule has 13 heavy (non-hydrogen) atoms.